The predicted octanol–water partition coefficient (Wildman–Crippen LogP) is 5.11. The molecule has 4 aromatic rings. The standard InChI is InChI=1S/C27H26O2P2/c1-29-22-27(30(23-14-6-2-7-15-23)24-16-8-3-9-17-24)31(28,25-18-10-4-11-19-25)26-20-12-5-13-21-26/h2-21,27H,22H2,1H3/t27-/m0/s1. The van der Waals surface area contributed by atoms with Crippen LogP contribution in [0.2, 0.25) is 0 Å². The highest BCUT2D eigenvalue weighted by molar-refractivity contribution is 7.92. The third kappa shape index (κ3) is 4.58. The predicted molar refractivity (Wildman–Crippen MR) is 134 cm³/mol. The molecule has 0 aromatic heterocycles. The fourth-order valence-corrected chi connectivity index (χ4v) is 11.7. The van der Waals surface area contributed by atoms with Crippen molar-refractivity contribution in [2.45, 2.75) is 5.40 Å². The van der Waals surface area contributed by atoms with Crippen LogP contribution in [0, 0.1) is 0 Å². The molecule has 156 valence electrons. The van der Waals surface area contributed by atoms with Crippen LogP contribution in [0.25, 0.3) is 0 Å². The monoisotopic (exact) mass is 444 g/mol. The summed E-state index contributed by atoms with van der Waals surface area (Å²) in [6.07, 6.45) is 0. The Labute approximate surface area is 186 Å². The van der Waals surface area contributed by atoms with Crippen LogP contribution in [0.15, 0.2) is 121 Å². The summed E-state index contributed by atoms with van der Waals surface area (Å²) >= 11 is 0. The Bertz CT molecular complexity index is 1030. The summed E-state index contributed by atoms with van der Waals surface area (Å²) in [7, 11) is -2.27. The average molecular weight is 444 g/mol. The maximum absolute atomic E-state index is 15.2. The van der Waals surface area contributed by atoms with Gasteiger partial charge in [-0.15, -0.1) is 0 Å². The van der Waals surface area contributed by atoms with Crippen LogP contribution in [0.3, 0.4) is 0 Å². The van der Waals surface area contributed by atoms with Crippen LogP contribution in [-0.2, 0) is 9.30 Å². The maximum Gasteiger partial charge on any atom is 0.153 e. The highest BCUT2D eigenvalue weighted by Crippen LogP contribution is 2.61. The molecule has 4 aromatic carbocycles. The summed E-state index contributed by atoms with van der Waals surface area (Å²) in [6, 6.07) is 40.8. The minimum Gasteiger partial charge on any atom is -0.383 e. The van der Waals surface area contributed by atoms with Crippen molar-refractivity contribution in [2.75, 3.05) is 13.7 Å². The number of hydrogen-bond donors (Lipinski definition) is 0. The molecule has 2 nitrogen and oxygen atoms in total. The van der Waals surface area contributed by atoms with E-state index >= 15 is 4.57 Å². The molecule has 0 spiro atoms. The van der Waals surface area contributed by atoms with Crippen molar-refractivity contribution in [3.8, 4) is 0 Å². The van der Waals surface area contributed by atoms with Gasteiger partial charge in [-0.3, -0.25) is 0 Å². The fraction of sp³-hybridized carbons (Fsp3) is 0.111. The van der Waals surface area contributed by atoms with Gasteiger partial charge in [-0.05, 0) is 18.5 Å². The first-order valence-corrected chi connectivity index (χ1v) is 13.5. The summed E-state index contributed by atoms with van der Waals surface area (Å²) in [5.74, 6) is 0. The van der Waals surface area contributed by atoms with Gasteiger partial charge in [0.1, 0.15) is 0 Å². The van der Waals surface area contributed by atoms with E-state index in [-0.39, 0.29) is 5.40 Å². The van der Waals surface area contributed by atoms with Crippen LogP contribution in [0.4, 0.5) is 0 Å². The topological polar surface area (TPSA) is 26.3 Å². The van der Waals surface area contributed by atoms with E-state index in [0.717, 1.165) is 10.6 Å². The van der Waals surface area contributed by atoms with Crippen LogP contribution >= 0.6 is 15.1 Å². The average Bonchev–Trinajstić information content (AvgIpc) is 2.86. The van der Waals surface area contributed by atoms with E-state index in [9.17, 15) is 0 Å². The van der Waals surface area contributed by atoms with Gasteiger partial charge in [-0.25, -0.2) is 0 Å². The molecule has 0 amide bonds. The van der Waals surface area contributed by atoms with Crippen LogP contribution in [0.1, 0.15) is 0 Å². The molecule has 4 rings (SSSR count). The smallest absolute Gasteiger partial charge is 0.153 e. The molecule has 4 heteroatoms. The molecule has 0 bridgehead atoms. The Morgan fingerprint density at radius 3 is 1.35 bits per heavy atom. The molecule has 0 radical (unpaired) electrons. The van der Waals surface area contributed by atoms with Crippen molar-refractivity contribution < 1.29 is 9.30 Å². The molecule has 31 heavy (non-hydrogen) atoms. The molecule has 1 atom stereocenters. The summed E-state index contributed by atoms with van der Waals surface area (Å²) in [6.45, 7) is 0.413. The first-order valence-electron chi connectivity index (χ1n) is 10.3. The highest BCUT2D eigenvalue weighted by Gasteiger charge is 2.42. The zero-order valence-electron chi connectivity index (χ0n) is 17.5. The zero-order chi connectivity index (χ0) is 21.5. The van der Waals surface area contributed by atoms with Crippen LogP contribution in [0.5, 0.6) is 0 Å². The van der Waals surface area contributed by atoms with Crippen LogP contribution in [-0.4, -0.2) is 19.1 Å². The molecule has 0 N–H and O–H groups in total. The number of rotatable bonds is 8. The Balaban J connectivity index is 1.98. The summed E-state index contributed by atoms with van der Waals surface area (Å²) in [5, 5.41) is 3.97. The van der Waals surface area contributed by atoms with E-state index in [4.69, 9.17) is 4.74 Å². The van der Waals surface area contributed by atoms with Gasteiger partial charge in [0.2, 0.25) is 0 Å². The van der Waals surface area contributed by atoms with E-state index in [2.05, 4.69) is 48.5 Å². The molecule has 0 aliphatic heterocycles. The first-order chi connectivity index (χ1) is 15.2. The van der Waals surface area contributed by atoms with Gasteiger partial charge < -0.3 is 9.30 Å². The van der Waals surface area contributed by atoms with Gasteiger partial charge >= 0.3 is 0 Å². The molecule has 0 unspecified atom stereocenters. The number of hydrogen-bond acceptors (Lipinski definition) is 2. The third-order valence-electron chi connectivity index (χ3n) is 5.38. The van der Waals surface area contributed by atoms with E-state index in [1.165, 1.54) is 10.6 Å². The lowest BCUT2D eigenvalue weighted by Crippen LogP contribution is -2.33. The van der Waals surface area contributed by atoms with Gasteiger partial charge in [0.15, 0.2) is 7.14 Å². The molecular weight excluding hydrogens is 418 g/mol. The molecule has 0 saturated carbocycles. The quantitative estimate of drug-likeness (QED) is 0.353. The SMILES string of the molecule is COC[C@@H](P(c1ccccc1)c1ccccc1)P(=O)(c1ccccc1)c1ccccc1. The summed E-state index contributed by atoms with van der Waals surface area (Å²) in [4.78, 5) is 0. The molecule has 0 aliphatic carbocycles. The van der Waals surface area contributed by atoms with Crippen LogP contribution < -0.4 is 21.2 Å². The Hall–Kier alpha value is -2.50. The van der Waals surface area contributed by atoms with Gasteiger partial charge in [-0.1, -0.05) is 121 Å². The van der Waals surface area contributed by atoms with Crippen molar-refractivity contribution in [3.05, 3.63) is 121 Å². The van der Waals surface area contributed by atoms with E-state index in [1.807, 2.05) is 72.8 Å². The minimum absolute atomic E-state index is 0.193. The Kier molecular flexibility index (Phi) is 7.15. The van der Waals surface area contributed by atoms with Gasteiger partial charge in [0.05, 0.1) is 12.0 Å². The largest absolute Gasteiger partial charge is 0.383 e. The first kappa shape index (κ1) is 21.7. The number of ether oxygens (including phenoxy) is 1. The third-order valence-corrected chi connectivity index (χ3v) is 12.6. The molecular formula is C27H26O2P2. The van der Waals surface area contributed by atoms with Crippen molar-refractivity contribution >= 4 is 36.3 Å². The van der Waals surface area contributed by atoms with Crippen molar-refractivity contribution in [2.24, 2.45) is 0 Å². The molecule has 0 fully saturated rings. The number of benzene rings is 4. The number of methoxy groups -OCH3 is 1. The molecule has 0 heterocycles. The van der Waals surface area contributed by atoms with Crippen molar-refractivity contribution in [1.82, 2.24) is 0 Å². The lowest BCUT2D eigenvalue weighted by atomic mass is 10.4. The highest BCUT2D eigenvalue weighted by atomic mass is 31.2. The Morgan fingerprint density at radius 1 is 0.645 bits per heavy atom. The lowest BCUT2D eigenvalue weighted by molar-refractivity contribution is 0.211. The normalized spacial score (nSPS) is 12.6. The summed E-state index contributed by atoms with van der Waals surface area (Å²) in [5.41, 5.74) is 0. The van der Waals surface area contributed by atoms with E-state index < -0.39 is 15.1 Å². The van der Waals surface area contributed by atoms with Gasteiger partial charge in [0.25, 0.3) is 0 Å². The Morgan fingerprint density at radius 2 is 1.00 bits per heavy atom. The van der Waals surface area contributed by atoms with Crippen molar-refractivity contribution in [3.63, 3.8) is 0 Å². The maximum atomic E-state index is 15.2. The lowest BCUT2D eigenvalue weighted by Gasteiger charge is -2.35. The van der Waals surface area contributed by atoms with Crippen molar-refractivity contribution in [1.29, 1.82) is 0 Å². The fourth-order valence-electron chi connectivity index (χ4n) is 3.95. The van der Waals surface area contributed by atoms with Gasteiger partial charge in [0, 0.05) is 17.7 Å². The molecule has 0 aliphatic rings. The minimum atomic E-state index is -3.03. The summed E-state index contributed by atoms with van der Waals surface area (Å²) < 4.78 is 21.0. The second-order valence-corrected chi connectivity index (χ2v) is 13.1. The second kappa shape index (κ2) is 10.2. The second-order valence-electron chi connectivity index (χ2n) is 7.31. The zero-order valence-corrected chi connectivity index (χ0v) is 19.3. The van der Waals surface area contributed by atoms with E-state index in [1.54, 1.807) is 7.11 Å². The van der Waals surface area contributed by atoms with Gasteiger partial charge in [-0.2, -0.15) is 0 Å². The molecule has 0 saturated heterocycles. The van der Waals surface area contributed by atoms with E-state index in [0.29, 0.717) is 6.61 Å².